The SMILES string of the molecule is O=C(NCCCS(=O)(=O)c1ccccc1)C1CCN(S(=O)(=O)c2ccccc2)CC1. The lowest BCUT2D eigenvalue weighted by Gasteiger charge is -2.30. The third-order valence-electron chi connectivity index (χ3n) is 5.20. The molecule has 0 bridgehead atoms. The number of hydrogen-bond acceptors (Lipinski definition) is 5. The molecule has 162 valence electrons. The van der Waals surface area contributed by atoms with E-state index in [4.69, 9.17) is 0 Å². The molecule has 1 fully saturated rings. The van der Waals surface area contributed by atoms with Gasteiger partial charge in [0.05, 0.1) is 15.5 Å². The molecule has 1 heterocycles. The molecule has 1 N–H and O–H groups in total. The number of sulfone groups is 1. The van der Waals surface area contributed by atoms with Gasteiger partial charge < -0.3 is 5.32 Å². The molecule has 9 heteroatoms. The number of amides is 1. The van der Waals surface area contributed by atoms with E-state index in [2.05, 4.69) is 5.32 Å². The van der Waals surface area contributed by atoms with E-state index in [1.807, 2.05) is 0 Å². The largest absolute Gasteiger partial charge is 0.356 e. The number of hydrogen-bond donors (Lipinski definition) is 1. The van der Waals surface area contributed by atoms with Gasteiger partial charge >= 0.3 is 0 Å². The summed E-state index contributed by atoms with van der Waals surface area (Å²) in [6.45, 7) is 0.850. The first-order chi connectivity index (χ1) is 14.3. The molecular weight excluding hydrogens is 424 g/mol. The number of benzene rings is 2. The first-order valence-electron chi connectivity index (χ1n) is 9.91. The molecule has 0 aromatic heterocycles. The zero-order valence-corrected chi connectivity index (χ0v) is 18.2. The van der Waals surface area contributed by atoms with Gasteiger partial charge in [-0.2, -0.15) is 4.31 Å². The first kappa shape index (κ1) is 22.5. The minimum atomic E-state index is -3.54. The van der Waals surface area contributed by atoms with Gasteiger partial charge in [0.25, 0.3) is 0 Å². The van der Waals surface area contributed by atoms with Crippen molar-refractivity contribution in [3.63, 3.8) is 0 Å². The molecule has 1 amide bonds. The molecule has 0 spiro atoms. The third-order valence-corrected chi connectivity index (χ3v) is 8.93. The number of carbonyl (C=O) groups excluding carboxylic acids is 1. The molecule has 2 aromatic rings. The van der Waals surface area contributed by atoms with Gasteiger partial charge in [-0.05, 0) is 43.5 Å². The Hall–Kier alpha value is -2.23. The molecule has 1 saturated heterocycles. The average Bonchev–Trinajstić information content (AvgIpc) is 2.78. The van der Waals surface area contributed by atoms with Crippen LogP contribution in [0.25, 0.3) is 0 Å². The van der Waals surface area contributed by atoms with Crippen molar-refractivity contribution < 1.29 is 21.6 Å². The van der Waals surface area contributed by atoms with Crippen LogP contribution in [0.3, 0.4) is 0 Å². The van der Waals surface area contributed by atoms with E-state index < -0.39 is 19.9 Å². The Morgan fingerprint density at radius 3 is 1.97 bits per heavy atom. The van der Waals surface area contributed by atoms with E-state index in [1.54, 1.807) is 60.7 Å². The molecule has 1 aliphatic rings. The fraction of sp³-hybridized carbons (Fsp3) is 0.381. The molecule has 0 radical (unpaired) electrons. The summed E-state index contributed by atoms with van der Waals surface area (Å²) in [5.74, 6) is -0.452. The van der Waals surface area contributed by atoms with Crippen molar-refractivity contribution in [2.24, 2.45) is 5.92 Å². The molecule has 30 heavy (non-hydrogen) atoms. The van der Waals surface area contributed by atoms with E-state index >= 15 is 0 Å². The molecule has 2 aromatic carbocycles. The van der Waals surface area contributed by atoms with E-state index in [0.29, 0.717) is 19.3 Å². The number of sulfonamides is 1. The van der Waals surface area contributed by atoms with Crippen LogP contribution >= 0.6 is 0 Å². The zero-order valence-electron chi connectivity index (χ0n) is 16.6. The standard InChI is InChI=1S/C21H26N2O5S2/c24-21(22-14-7-17-29(25,26)19-8-3-1-4-9-19)18-12-15-23(16-13-18)30(27,28)20-10-5-2-6-11-20/h1-6,8-11,18H,7,12-17H2,(H,22,24). The molecule has 3 rings (SSSR count). The maximum Gasteiger partial charge on any atom is 0.243 e. The highest BCUT2D eigenvalue weighted by molar-refractivity contribution is 7.91. The Balaban J connectivity index is 1.44. The monoisotopic (exact) mass is 450 g/mol. The van der Waals surface area contributed by atoms with Crippen LogP contribution in [0.15, 0.2) is 70.5 Å². The van der Waals surface area contributed by atoms with Crippen LogP contribution in [0, 0.1) is 5.92 Å². The maximum absolute atomic E-state index is 12.7. The summed E-state index contributed by atoms with van der Waals surface area (Å²) in [6, 6.07) is 16.5. The van der Waals surface area contributed by atoms with Crippen LogP contribution in [0.2, 0.25) is 0 Å². The van der Waals surface area contributed by atoms with Crippen LogP contribution in [0.4, 0.5) is 0 Å². The summed E-state index contributed by atoms with van der Waals surface area (Å²) in [5.41, 5.74) is 0. The Morgan fingerprint density at radius 2 is 1.40 bits per heavy atom. The molecule has 0 atom stereocenters. The van der Waals surface area contributed by atoms with E-state index in [0.717, 1.165) is 0 Å². The van der Waals surface area contributed by atoms with Gasteiger partial charge in [0.1, 0.15) is 0 Å². The third kappa shape index (κ3) is 5.47. The highest BCUT2D eigenvalue weighted by Crippen LogP contribution is 2.23. The molecule has 1 aliphatic heterocycles. The second kappa shape index (κ2) is 9.72. The van der Waals surface area contributed by atoms with Crippen LogP contribution in [0.5, 0.6) is 0 Å². The predicted octanol–water partition coefficient (Wildman–Crippen LogP) is 2.07. The van der Waals surface area contributed by atoms with Crippen molar-refractivity contribution >= 4 is 25.8 Å². The van der Waals surface area contributed by atoms with Gasteiger partial charge in [0.2, 0.25) is 15.9 Å². The number of nitrogens with one attached hydrogen (secondary N) is 1. The molecule has 0 aliphatic carbocycles. The van der Waals surface area contributed by atoms with Crippen molar-refractivity contribution in [3.05, 3.63) is 60.7 Å². The van der Waals surface area contributed by atoms with Gasteiger partial charge in [0, 0.05) is 25.6 Å². The summed E-state index contributed by atoms with van der Waals surface area (Å²) in [6.07, 6.45) is 1.21. The fourth-order valence-corrected chi connectivity index (χ4v) is 6.29. The maximum atomic E-state index is 12.7. The Kier molecular flexibility index (Phi) is 7.27. The summed E-state index contributed by atoms with van der Waals surface area (Å²) < 4.78 is 51.2. The zero-order chi connectivity index (χ0) is 21.6. The normalized spacial score (nSPS) is 16.3. The van der Waals surface area contributed by atoms with E-state index in [9.17, 15) is 21.6 Å². The first-order valence-corrected chi connectivity index (χ1v) is 13.0. The molecule has 7 nitrogen and oxygen atoms in total. The van der Waals surface area contributed by atoms with Crippen molar-refractivity contribution in [2.45, 2.75) is 29.1 Å². The highest BCUT2D eigenvalue weighted by atomic mass is 32.2. The summed E-state index contributed by atoms with van der Waals surface area (Å²) in [5, 5.41) is 2.79. The average molecular weight is 451 g/mol. The van der Waals surface area contributed by atoms with Crippen molar-refractivity contribution in [1.29, 1.82) is 0 Å². The number of carbonyl (C=O) groups is 1. The second-order valence-electron chi connectivity index (χ2n) is 7.27. The minimum Gasteiger partial charge on any atom is -0.356 e. The minimum absolute atomic E-state index is 0.0366. The molecule has 0 unspecified atom stereocenters. The van der Waals surface area contributed by atoms with Crippen molar-refractivity contribution in [3.8, 4) is 0 Å². The van der Waals surface area contributed by atoms with E-state index in [-0.39, 0.29) is 47.0 Å². The Bertz CT molecular complexity index is 1050. The van der Waals surface area contributed by atoms with Gasteiger partial charge in [-0.15, -0.1) is 0 Å². The van der Waals surface area contributed by atoms with Crippen LogP contribution in [0.1, 0.15) is 19.3 Å². The predicted molar refractivity (Wildman–Crippen MR) is 114 cm³/mol. The second-order valence-corrected chi connectivity index (χ2v) is 11.3. The van der Waals surface area contributed by atoms with Gasteiger partial charge in [-0.25, -0.2) is 16.8 Å². The molecular formula is C21H26N2O5S2. The van der Waals surface area contributed by atoms with Crippen LogP contribution in [-0.2, 0) is 24.7 Å². The van der Waals surface area contributed by atoms with Gasteiger partial charge in [-0.3, -0.25) is 4.79 Å². The smallest absolute Gasteiger partial charge is 0.243 e. The Morgan fingerprint density at radius 1 is 0.867 bits per heavy atom. The summed E-state index contributed by atoms with van der Waals surface area (Å²) >= 11 is 0. The van der Waals surface area contributed by atoms with Gasteiger partial charge in [0.15, 0.2) is 9.84 Å². The molecule has 0 saturated carbocycles. The van der Waals surface area contributed by atoms with E-state index in [1.165, 1.54) is 4.31 Å². The fourth-order valence-electron chi connectivity index (χ4n) is 3.46. The van der Waals surface area contributed by atoms with Crippen LogP contribution in [-0.4, -0.2) is 52.4 Å². The lowest BCUT2D eigenvalue weighted by atomic mass is 9.97. The number of nitrogens with zero attached hydrogens (tertiary/aromatic N) is 1. The number of piperidine rings is 1. The summed E-state index contributed by atoms with van der Waals surface area (Å²) in [7, 11) is -6.90. The summed E-state index contributed by atoms with van der Waals surface area (Å²) in [4.78, 5) is 12.9. The lowest BCUT2D eigenvalue weighted by molar-refractivity contribution is -0.126. The van der Waals surface area contributed by atoms with Crippen LogP contribution < -0.4 is 5.32 Å². The topological polar surface area (TPSA) is 101 Å². The van der Waals surface area contributed by atoms with Crippen molar-refractivity contribution in [2.75, 3.05) is 25.4 Å². The van der Waals surface area contributed by atoms with Gasteiger partial charge in [-0.1, -0.05) is 36.4 Å². The quantitative estimate of drug-likeness (QED) is 0.621. The lowest BCUT2D eigenvalue weighted by Crippen LogP contribution is -2.43. The Labute approximate surface area is 178 Å². The highest BCUT2D eigenvalue weighted by Gasteiger charge is 2.31. The number of rotatable bonds is 8. The van der Waals surface area contributed by atoms with Crippen molar-refractivity contribution in [1.82, 2.24) is 9.62 Å².